The Kier molecular flexibility index (Phi) is 5.63. The highest BCUT2D eigenvalue weighted by Crippen LogP contribution is 2.38. The van der Waals surface area contributed by atoms with Gasteiger partial charge in [0.2, 0.25) is 5.91 Å². The van der Waals surface area contributed by atoms with E-state index < -0.39 is 0 Å². The third kappa shape index (κ3) is 3.76. The summed E-state index contributed by atoms with van der Waals surface area (Å²) >= 11 is 6.56. The molecule has 1 heterocycles. The van der Waals surface area contributed by atoms with E-state index >= 15 is 0 Å². The fraction of sp³-hybridized carbons (Fsp3) is 0.588. The monoisotopic (exact) mass is 311 g/mol. The lowest BCUT2D eigenvalue weighted by atomic mass is 9.89. The highest BCUT2D eigenvalue weighted by atomic mass is 35.5. The number of carbonyl (C=O) groups excluding carboxylic acids is 1. The van der Waals surface area contributed by atoms with Gasteiger partial charge < -0.3 is 5.32 Å². The van der Waals surface area contributed by atoms with E-state index in [1.807, 2.05) is 6.07 Å². The van der Waals surface area contributed by atoms with Crippen LogP contribution in [-0.4, -0.2) is 5.91 Å². The second kappa shape index (κ2) is 7.26. The van der Waals surface area contributed by atoms with Crippen LogP contribution in [0, 0.1) is 11.7 Å². The number of fused-ring (bicyclic) bond motifs is 1. The summed E-state index contributed by atoms with van der Waals surface area (Å²) in [4.78, 5) is 11.4. The Hall–Kier alpha value is -1.09. The zero-order valence-electron chi connectivity index (χ0n) is 12.7. The summed E-state index contributed by atoms with van der Waals surface area (Å²) in [6.45, 7) is 4.25. The maximum absolute atomic E-state index is 14.3. The molecule has 0 radical (unpaired) electrons. The highest BCUT2D eigenvalue weighted by molar-refractivity contribution is 6.21. The lowest BCUT2D eigenvalue weighted by Crippen LogP contribution is -2.20. The summed E-state index contributed by atoms with van der Waals surface area (Å²) < 4.78 is 14.3. The molecule has 0 saturated carbocycles. The van der Waals surface area contributed by atoms with Crippen LogP contribution in [-0.2, 0) is 11.2 Å². The molecule has 4 heteroatoms. The number of anilines is 1. The van der Waals surface area contributed by atoms with Crippen LogP contribution >= 0.6 is 11.6 Å². The van der Waals surface area contributed by atoms with E-state index in [0.29, 0.717) is 24.1 Å². The van der Waals surface area contributed by atoms with Crippen molar-refractivity contribution >= 4 is 23.2 Å². The molecule has 1 aromatic rings. The number of carbonyl (C=O) groups is 1. The summed E-state index contributed by atoms with van der Waals surface area (Å²) in [5.74, 6) is -0.0744. The molecule has 0 aromatic heterocycles. The standard InChI is InChI=1S/C17H23ClFNO/c1-3-5-6-11(4-2)17(18)13-9-12-7-8-16(21)20-15(12)10-14(13)19/h9-11,17H,3-8H2,1-2H3,(H,20,21). The molecule has 0 bridgehead atoms. The molecule has 1 aromatic carbocycles. The Bertz CT molecular complexity index is 518. The van der Waals surface area contributed by atoms with Crippen molar-refractivity contribution in [1.82, 2.24) is 0 Å². The number of benzene rings is 1. The van der Waals surface area contributed by atoms with Gasteiger partial charge in [0.05, 0.1) is 5.38 Å². The SMILES string of the molecule is CCCCC(CC)C(Cl)c1cc2c(cc1F)NC(=O)CC2. The molecule has 21 heavy (non-hydrogen) atoms. The van der Waals surface area contributed by atoms with Gasteiger partial charge in [0.1, 0.15) is 5.82 Å². The van der Waals surface area contributed by atoms with Gasteiger partial charge >= 0.3 is 0 Å². The predicted octanol–water partition coefficient (Wildman–Crippen LogP) is 5.21. The van der Waals surface area contributed by atoms with Gasteiger partial charge in [-0.25, -0.2) is 4.39 Å². The van der Waals surface area contributed by atoms with Crippen LogP contribution in [0.15, 0.2) is 12.1 Å². The highest BCUT2D eigenvalue weighted by Gasteiger charge is 2.25. The molecule has 116 valence electrons. The first-order chi connectivity index (χ1) is 10.1. The third-order valence-electron chi connectivity index (χ3n) is 4.28. The largest absolute Gasteiger partial charge is 0.326 e. The zero-order chi connectivity index (χ0) is 15.4. The van der Waals surface area contributed by atoms with Crippen LogP contribution in [0.25, 0.3) is 0 Å². The van der Waals surface area contributed by atoms with E-state index in [9.17, 15) is 9.18 Å². The van der Waals surface area contributed by atoms with E-state index in [1.54, 1.807) is 0 Å². The van der Waals surface area contributed by atoms with Crippen molar-refractivity contribution in [2.75, 3.05) is 5.32 Å². The van der Waals surface area contributed by atoms with Crippen LogP contribution in [0.4, 0.5) is 10.1 Å². The normalized spacial score (nSPS) is 17.0. The van der Waals surface area contributed by atoms with E-state index in [2.05, 4.69) is 19.2 Å². The quantitative estimate of drug-likeness (QED) is 0.718. The molecule has 1 aliphatic rings. The molecule has 2 unspecified atom stereocenters. The Labute approximate surface area is 131 Å². The van der Waals surface area contributed by atoms with Gasteiger partial charge in [-0.2, -0.15) is 0 Å². The molecule has 0 saturated heterocycles. The molecule has 2 atom stereocenters. The predicted molar refractivity (Wildman–Crippen MR) is 85.3 cm³/mol. The number of hydrogen-bond donors (Lipinski definition) is 1. The van der Waals surface area contributed by atoms with E-state index in [-0.39, 0.29) is 23.0 Å². The Morgan fingerprint density at radius 2 is 2.10 bits per heavy atom. The van der Waals surface area contributed by atoms with Gasteiger partial charge in [0.25, 0.3) is 0 Å². The molecule has 1 amide bonds. The second-order valence-corrected chi connectivity index (χ2v) is 6.26. The first-order valence-electron chi connectivity index (χ1n) is 7.83. The molecule has 1 N–H and O–H groups in total. The van der Waals surface area contributed by atoms with Crippen molar-refractivity contribution in [3.8, 4) is 0 Å². The lowest BCUT2D eigenvalue weighted by molar-refractivity contribution is -0.116. The summed E-state index contributed by atoms with van der Waals surface area (Å²) in [7, 11) is 0. The smallest absolute Gasteiger partial charge is 0.224 e. The number of alkyl halides is 1. The topological polar surface area (TPSA) is 29.1 Å². The van der Waals surface area contributed by atoms with E-state index in [1.165, 1.54) is 6.07 Å². The molecule has 0 fully saturated rings. The van der Waals surface area contributed by atoms with Crippen LogP contribution in [0.2, 0.25) is 0 Å². The van der Waals surface area contributed by atoms with Crippen LogP contribution in [0.5, 0.6) is 0 Å². The van der Waals surface area contributed by atoms with Crippen molar-refractivity contribution in [3.63, 3.8) is 0 Å². The molecular weight excluding hydrogens is 289 g/mol. The van der Waals surface area contributed by atoms with Gasteiger partial charge in [0, 0.05) is 17.7 Å². The molecular formula is C17H23ClFNO. The van der Waals surface area contributed by atoms with E-state index in [0.717, 1.165) is 31.2 Å². The van der Waals surface area contributed by atoms with Crippen molar-refractivity contribution in [3.05, 3.63) is 29.1 Å². The zero-order valence-corrected chi connectivity index (χ0v) is 13.5. The summed E-state index contributed by atoms with van der Waals surface area (Å²) in [5.41, 5.74) is 2.16. The minimum absolute atomic E-state index is 0.0496. The Balaban J connectivity index is 2.24. The van der Waals surface area contributed by atoms with Crippen molar-refractivity contribution in [2.45, 2.75) is 57.7 Å². The lowest BCUT2D eigenvalue weighted by Gasteiger charge is -2.24. The number of amides is 1. The molecule has 2 nitrogen and oxygen atoms in total. The maximum atomic E-state index is 14.3. The first-order valence-corrected chi connectivity index (χ1v) is 8.26. The average Bonchev–Trinajstić information content (AvgIpc) is 2.47. The fourth-order valence-electron chi connectivity index (χ4n) is 2.91. The number of hydrogen-bond acceptors (Lipinski definition) is 1. The maximum Gasteiger partial charge on any atom is 0.224 e. The second-order valence-electron chi connectivity index (χ2n) is 5.79. The number of halogens is 2. The van der Waals surface area contributed by atoms with Crippen molar-refractivity contribution < 1.29 is 9.18 Å². The van der Waals surface area contributed by atoms with Crippen LogP contribution < -0.4 is 5.32 Å². The molecule has 1 aliphatic heterocycles. The summed E-state index contributed by atoms with van der Waals surface area (Å²) in [6, 6.07) is 3.26. The van der Waals surface area contributed by atoms with Crippen molar-refractivity contribution in [2.24, 2.45) is 5.92 Å². The number of nitrogens with one attached hydrogen (secondary N) is 1. The third-order valence-corrected chi connectivity index (χ3v) is 4.87. The van der Waals surface area contributed by atoms with Crippen LogP contribution in [0.1, 0.15) is 62.5 Å². The van der Waals surface area contributed by atoms with Crippen molar-refractivity contribution in [1.29, 1.82) is 0 Å². The number of aryl methyl sites for hydroxylation is 1. The van der Waals surface area contributed by atoms with Gasteiger partial charge in [0.15, 0.2) is 0 Å². The molecule has 2 rings (SSSR count). The van der Waals surface area contributed by atoms with Gasteiger partial charge in [-0.05, 0) is 36.5 Å². The minimum atomic E-state index is -0.314. The number of unbranched alkanes of at least 4 members (excludes halogenated alkanes) is 1. The average molecular weight is 312 g/mol. The summed E-state index contributed by atoms with van der Waals surface area (Å²) in [5, 5.41) is 2.42. The fourth-order valence-corrected chi connectivity index (χ4v) is 3.38. The van der Waals surface area contributed by atoms with Gasteiger partial charge in [-0.3, -0.25) is 4.79 Å². The molecule has 0 spiro atoms. The van der Waals surface area contributed by atoms with Gasteiger partial charge in [-0.15, -0.1) is 11.6 Å². The first kappa shape index (κ1) is 16.3. The Morgan fingerprint density at radius 1 is 1.33 bits per heavy atom. The van der Waals surface area contributed by atoms with Gasteiger partial charge in [-0.1, -0.05) is 33.1 Å². The van der Waals surface area contributed by atoms with E-state index in [4.69, 9.17) is 11.6 Å². The Morgan fingerprint density at radius 3 is 2.76 bits per heavy atom. The summed E-state index contributed by atoms with van der Waals surface area (Å²) in [6.07, 6.45) is 5.32. The molecule has 0 aliphatic carbocycles. The minimum Gasteiger partial charge on any atom is -0.326 e. The number of rotatable bonds is 6. The van der Waals surface area contributed by atoms with Crippen LogP contribution in [0.3, 0.4) is 0 Å².